The van der Waals surface area contributed by atoms with E-state index in [0.29, 0.717) is 11.3 Å². The van der Waals surface area contributed by atoms with E-state index in [1.807, 2.05) is 0 Å². The van der Waals surface area contributed by atoms with Crippen molar-refractivity contribution >= 4 is 11.5 Å². The number of ether oxygens (including phenoxy) is 1. The summed E-state index contributed by atoms with van der Waals surface area (Å²) in [7, 11) is 1.52. The molecule has 0 aliphatic heterocycles. The topological polar surface area (TPSA) is 58.9 Å². The first-order valence-corrected chi connectivity index (χ1v) is 4.06. The van der Waals surface area contributed by atoms with Crippen LogP contribution >= 0.6 is 0 Å². The second kappa shape index (κ2) is 4.41. The molecule has 0 heterocycles. The molecule has 0 aromatic heterocycles. The molecule has 0 amide bonds. The molecule has 74 valence electrons. The zero-order valence-corrected chi connectivity index (χ0v) is 8.02. The number of nitrogens with zero attached hydrogens (tertiary/aromatic N) is 1. The standard InChI is InChI=1S/C10H11NO3/c1-7(11-13)10(12)8-4-3-5-9(6-8)14-2/h3-6,13H,1-2H3. The third kappa shape index (κ3) is 2.10. The van der Waals surface area contributed by atoms with Crippen LogP contribution in [0.3, 0.4) is 0 Å². The Labute approximate surface area is 81.8 Å². The first-order chi connectivity index (χ1) is 6.69. The van der Waals surface area contributed by atoms with Crippen molar-refractivity contribution in [1.29, 1.82) is 0 Å². The summed E-state index contributed by atoms with van der Waals surface area (Å²) in [5.41, 5.74) is 0.498. The van der Waals surface area contributed by atoms with Crippen LogP contribution in [0.5, 0.6) is 5.75 Å². The number of rotatable bonds is 3. The van der Waals surface area contributed by atoms with Gasteiger partial charge in [-0.1, -0.05) is 17.3 Å². The minimum absolute atomic E-state index is 0.0539. The second-order valence-corrected chi connectivity index (χ2v) is 2.75. The van der Waals surface area contributed by atoms with Crippen LogP contribution in [0.1, 0.15) is 17.3 Å². The van der Waals surface area contributed by atoms with E-state index in [1.165, 1.54) is 14.0 Å². The maximum Gasteiger partial charge on any atom is 0.210 e. The number of carbonyl (C=O) groups excluding carboxylic acids is 1. The molecule has 0 saturated heterocycles. The predicted octanol–water partition coefficient (Wildman–Crippen LogP) is 1.73. The molecular weight excluding hydrogens is 182 g/mol. The number of oxime groups is 1. The van der Waals surface area contributed by atoms with Crippen LogP contribution in [-0.4, -0.2) is 23.8 Å². The van der Waals surface area contributed by atoms with Gasteiger partial charge in [-0.25, -0.2) is 0 Å². The van der Waals surface area contributed by atoms with Gasteiger partial charge in [-0.3, -0.25) is 4.79 Å². The van der Waals surface area contributed by atoms with Gasteiger partial charge in [0.25, 0.3) is 0 Å². The maximum atomic E-state index is 11.5. The summed E-state index contributed by atoms with van der Waals surface area (Å²) >= 11 is 0. The van der Waals surface area contributed by atoms with Gasteiger partial charge in [-0.05, 0) is 19.1 Å². The average Bonchev–Trinajstić information content (AvgIpc) is 2.27. The lowest BCUT2D eigenvalue weighted by atomic mass is 10.1. The molecule has 1 rings (SSSR count). The Bertz CT molecular complexity index is 371. The van der Waals surface area contributed by atoms with Gasteiger partial charge in [0.2, 0.25) is 5.78 Å². The average molecular weight is 193 g/mol. The molecule has 1 aromatic carbocycles. The molecule has 0 aliphatic carbocycles. The van der Waals surface area contributed by atoms with E-state index in [4.69, 9.17) is 9.94 Å². The Hall–Kier alpha value is -1.84. The van der Waals surface area contributed by atoms with E-state index in [9.17, 15) is 4.79 Å². The number of hydrogen-bond donors (Lipinski definition) is 1. The highest BCUT2D eigenvalue weighted by molar-refractivity contribution is 6.45. The van der Waals surface area contributed by atoms with Crippen LogP contribution in [0.15, 0.2) is 29.4 Å². The van der Waals surface area contributed by atoms with Gasteiger partial charge in [0, 0.05) is 5.56 Å². The molecule has 4 nitrogen and oxygen atoms in total. The van der Waals surface area contributed by atoms with Crippen LogP contribution < -0.4 is 4.74 Å². The van der Waals surface area contributed by atoms with E-state index >= 15 is 0 Å². The Balaban J connectivity index is 3.01. The second-order valence-electron chi connectivity index (χ2n) is 2.75. The van der Waals surface area contributed by atoms with Crippen molar-refractivity contribution in [1.82, 2.24) is 0 Å². The smallest absolute Gasteiger partial charge is 0.210 e. The summed E-state index contributed by atoms with van der Waals surface area (Å²) in [6.45, 7) is 1.45. The summed E-state index contributed by atoms with van der Waals surface area (Å²) < 4.78 is 4.96. The third-order valence-corrected chi connectivity index (χ3v) is 1.81. The van der Waals surface area contributed by atoms with Gasteiger partial charge in [0.1, 0.15) is 11.5 Å². The zero-order chi connectivity index (χ0) is 10.6. The highest BCUT2D eigenvalue weighted by atomic mass is 16.5. The Kier molecular flexibility index (Phi) is 3.23. The van der Waals surface area contributed by atoms with Crippen molar-refractivity contribution < 1.29 is 14.7 Å². The molecule has 0 fully saturated rings. The molecule has 0 aliphatic rings. The van der Waals surface area contributed by atoms with Crippen molar-refractivity contribution in [2.45, 2.75) is 6.92 Å². The van der Waals surface area contributed by atoms with Gasteiger partial charge in [-0.15, -0.1) is 0 Å². The molecule has 4 heteroatoms. The molecule has 1 aromatic rings. The summed E-state index contributed by atoms with van der Waals surface area (Å²) in [4.78, 5) is 11.5. The normalized spacial score (nSPS) is 11.1. The van der Waals surface area contributed by atoms with Crippen molar-refractivity contribution in [2.24, 2.45) is 5.16 Å². The van der Waals surface area contributed by atoms with Crippen molar-refractivity contribution in [3.63, 3.8) is 0 Å². The minimum atomic E-state index is -0.314. The van der Waals surface area contributed by atoms with Gasteiger partial charge in [-0.2, -0.15) is 0 Å². The lowest BCUT2D eigenvalue weighted by Gasteiger charge is -2.02. The van der Waals surface area contributed by atoms with Gasteiger partial charge in [0.05, 0.1) is 7.11 Å². The monoisotopic (exact) mass is 193 g/mol. The molecule has 0 radical (unpaired) electrons. The van der Waals surface area contributed by atoms with E-state index in [0.717, 1.165) is 0 Å². The van der Waals surface area contributed by atoms with Crippen molar-refractivity contribution in [3.8, 4) is 5.75 Å². The van der Waals surface area contributed by atoms with Crippen LogP contribution in [0.25, 0.3) is 0 Å². The molecule has 0 saturated carbocycles. The fourth-order valence-electron chi connectivity index (χ4n) is 1.02. The van der Waals surface area contributed by atoms with Crippen LogP contribution in [0, 0.1) is 0 Å². The molecule has 0 bridgehead atoms. The van der Waals surface area contributed by atoms with Crippen molar-refractivity contribution in [2.75, 3.05) is 7.11 Å². The fraction of sp³-hybridized carbons (Fsp3) is 0.200. The number of methoxy groups -OCH3 is 1. The summed E-state index contributed by atoms with van der Waals surface area (Å²) in [5, 5.41) is 11.3. The van der Waals surface area contributed by atoms with E-state index in [1.54, 1.807) is 24.3 Å². The Morgan fingerprint density at radius 2 is 2.21 bits per heavy atom. The highest BCUT2D eigenvalue weighted by Crippen LogP contribution is 2.13. The number of ketones is 1. The van der Waals surface area contributed by atoms with E-state index < -0.39 is 0 Å². The largest absolute Gasteiger partial charge is 0.497 e. The number of benzene rings is 1. The lowest BCUT2D eigenvalue weighted by Crippen LogP contribution is -2.10. The number of Topliss-reactive ketones (excluding diaryl/α,β-unsaturated/α-hetero) is 1. The highest BCUT2D eigenvalue weighted by Gasteiger charge is 2.10. The van der Waals surface area contributed by atoms with Gasteiger partial charge in [0.15, 0.2) is 0 Å². The molecule has 1 N–H and O–H groups in total. The number of carbonyl (C=O) groups is 1. The third-order valence-electron chi connectivity index (χ3n) is 1.81. The van der Waals surface area contributed by atoms with Gasteiger partial charge >= 0.3 is 0 Å². The van der Waals surface area contributed by atoms with E-state index in [-0.39, 0.29) is 11.5 Å². The van der Waals surface area contributed by atoms with Crippen LogP contribution in [0.4, 0.5) is 0 Å². The van der Waals surface area contributed by atoms with Crippen molar-refractivity contribution in [3.05, 3.63) is 29.8 Å². The SMILES string of the molecule is COc1cccc(C(=O)C(C)=NO)c1. The molecule has 0 spiro atoms. The summed E-state index contributed by atoms with van der Waals surface area (Å²) in [5.74, 6) is 0.285. The molecule has 0 atom stereocenters. The molecular formula is C10H11NO3. The minimum Gasteiger partial charge on any atom is -0.497 e. The number of hydrogen-bond acceptors (Lipinski definition) is 4. The maximum absolute atomic E-state index is 11.5. The summed E-state index contributed by atoms with van der Waals surface area (Å²) in [6, 6.07) is 6.68. The Morgan fingerprint density at radius 3 is 2.79 bits per heavy atom. The lowest BCUT2D eigenvalue weighted by molar-refractivity contribution is 0.106. The van der Waals surface area contributed by atoms with Crippen LogP contribution in [0.2, 0.25) is 0 Å². The molecule has 0 unspecified atom stereocenters. The first kappa shape index (κ1) is 10.2. The fourth-order valence-corrected chi connectivity index (χ4v) is 1.02. The summed E-state index contributed by atoms with van der Waals surface area (Å²) in [6.07, 6.45) is 0. The Morgan fingerprint density at radius 1 is 1.50 bits per heavy atom. The van der Waals surface area contributed by atoms with E-state index in [2.05, 4.69) is 5.16 Å². The zero-order valence-electron chi connectivity index (χ0n) is 8.02. The predicted molar refractivity (Wildman–Crippen MR) is 52.2 cm³/mol. The quantitative estimate of drug-likeness (QED) is 0.344. The van der Waals surface area contributed by atoms with Gasteiger partial charge < -0.3 is 9.94 Å². The molecule has 14 heavy (non-hydrogen) atoms. The first-order valence-electron chi connectivity index (χ1n) is 4.06. The van der Waals surface area contributed by atoms with Crippen LogP contribution in [-0.2, 0) is 0 Å².